The molecule has 0 bridgehead atoms. The number of nitrogens with two attached hydrogens (primary N) is 2. The van der Waals surface area contributed by atoms with Gasteiger partial charge >= 0.3 is 6.03 Å². The summed E-state index contributed by atoms with van der Waals surface area (Å²) in [5, 5.41) is 1.97. The summed E-state index contributed by atoms with van der Waals surface area (Å²) >= 11 is 0. The largest absolute Gasteiger partial charge is 0.399 e. The Hall–Kier alpha value is -2.04. The van der Waals surface area contributed by atoms with Gasteiger partial charge in [-0.05, 0) is 17.7 Å². The van der Waals surface area contributed by atoms with Gasteiger partial charge < -0.3 is 11.5 Å². The highest BCUT2D eigenvalue weighted by atomic mass is 16.2. The lowest BCUT2D eigenvalue weighted by Gasteiger charge is -2.01. The first-order chi connectivity index (χ1) is 6.58. The van der Waals surface area contributed by atoms with E-state index in [0.717, 1.165) is 5.56 Å². The third kappa shape index (κ3) is 3.14. The van der Waals surface area contributed by atoms with Crippen LogP contribution < -0.4 is 16.8 Å². The maximum absolute atomic E-state index is 11.1. The van der Waals surface area contributed by atoms with Crippen molar-refractivity contribution in [2.24, 2.45) is 5.73 Å². The lowest BCUT2D eigenvalue weighted by molar-refractivity contribution is -0.119. The average molecular weight is 193 g/mol. The molecular formula is C9H11N3O2. The molecule has 1 rings (SSSR count). The van der Waals surface area contributed by atoms with Crippen LogP contribution in [-0.4, -0.2) is 11.9 Å². The Morgan fingerprint density at radius 1 is 1.21 bits per heavy atom. The molecule has 1 aromatic carbocycles. The molecule has 1 aromatic rings. The van der Waals surface area contributed by atoms with E-state index >= 15 is 0 Å². The van der Waals surface area contributed by atoms with Gasteiger partial charge in [-0.1, -0.05) is 12.1 Å². The Balaban J connectivity index is 2.56. The predicted molar refractivity (Wildman–Crippen MR) is 52.3 cm³/mol. The lowest BCUT2D eigenvalue weighted by atomic mass is 10.1. The highest BCUT2D eigenvalue weighted by molar-refractivity contribution is 5.94. The fourth-order valence-electron chi connectivity index (χ4n) is 1.00. The van der Waals surface area contributed by atoms with Crippen LogP contribution in [0.2, 0.25) is 0 Å². The number of hydrogen-bond acceptors (Lipinski definition) is 3. The molecule has 0 fully saturated rings. The number of carbonyl (C=O) groups is 2. The summed E-state index contributed by atoms with van der Waals surface area (Å²) in [6.45, 7) is 0. The fourth-order valence-corrected chi connectivity index (χ4v) is 1.00. The Labute approximate surface area is 81.1 Å². The van der Waals surface area contributed by atoms with Crippen molar-refractivity contribution in [3.8, 4) is 0 Å². The minimum Gasteiger partial charge on any atom is -0.399 e. The van der Waals surface area contributed by atoms with Crippen molar-refractivity contribution < 1.29 is 9.59 Å². The van der Waals surface area contributed by atoms with E-state index in [-0.39, 0.29) is 6.42 Å². The Morgan fingerprint density at radius 2 is 1.79 bits per heavy atom. The van der Waals surface area contributed by atoms with Crippen LogP contribution in [0.15, 0.2) is 24.3 Å². The molecule has 0 radical (unpaired) electrons. The molecule has 0 unspecified atom stereocenters. The van der Waals surface area contributed by atoms with Gasteiger partial charge in [0.25, 0.3) is 0 Å². The van der Waals surface area contributed by atoms with E-state index in [1.165, 1.54) is 0 Å². The average Bonchev–Trinajstić information content (AvgIpc) is 2.07. The van der Waals surface area contributed by atoms with Crippen molar-refractivity contribution in [3.05, 3.63) is 29.8 Å². The van der Waals surface area contributed by atoms with Gasteiger partial charge in [-0.2, -0.15) is 0 Å². The number of nitrogens with one attached hydrogen (secondary N) is 1. The summed E-state index contributed by atoms with van der Waals surface area (Å²) in [4.78, 5) is 21.4. The predicted octanol–water partition coefficient (Wildman–Crippen LogP) is 0.00620. The minimum atomic E-state index is -0.842. The molecule has 3 amide bonds. The molecule has 0 saturated carbocycles. The van der Waals surface area contributed by atoms with Gasteiger partial charge in [-0.25, -0.2) is 4.79 Å². The van der Waals surface area contributed by atoms with E-state index in [0.29, 0.717) is 5.69 Å². The van der Waals surface area contributed by atoms with Gasteiger partial charge in [0.2, 0.25) is 5.91 Å². The number of primary amides is 1. The summed E-state index contributed by atoms with van der Waals surface area (Å²) in [5.74, 6) is -0.428. The summed E-state index contributed by atoms with van der Waals surface area (Å²) < 4.78 is 0. The van der Waals surface area contributed by atoms with E-state index in [2.05, 4.69) is 0 Å². The van der Waals surface area contributed by atoms with E-state index in [4.69, 9.17) is 11.5 Å². The number of hydrogen-bond donors (Lipinski definition) is 3. The van der Waals surface area contributed by atoms with E-state index < -0.39 is 11.9 Å². The zero-order chi connectivity index (χ0) is 10.6. The molecule has 0 heterocycles. The molecule has 0 spiro atoms. The van der Waals surface area contributed by atoms with Crippen LogP contribution in [-0.2, 0) is 11.2 Å². The second-order valence-corrected chi connectivity index (χ2v) is 2.83. The Morgan fingerprint density at radius 3 is 2.29 bits per heavy atom. The van der Waals surface area contributed by atoms with Gasteiger partial charge in [-0.3, -0.25) is 10.1 Å². The number of anilines is 1. The highest BCUT2D eigenvalue weighted by Gasteiger charge is 2.04. The molecule has 5 nitrogen and oxygen atoms in total. The third-order valence-corrected chi connectivity index (χ3v) is 1.61. The van der Waals surface area contributed by atoms with Crippen molar-refractivity contribution in [2.45, 2.75) is 6.42 Å². The molecule has 0 aliphatic rings. The summed E-state index contributed by atoms with van der Waals surface area (Å²) in [6.07, 6.45) is 0.114. The SMILES string of the molecule is NC(=O)NC(=O)Cc1ccc(N)cc1. The molecule has 0 saturated heterocycles. The van der Waals surface area contributed by atoms with Crippen molar-refractivity contribution in [3.63, 3.8) is 0 Å². The molecule has 74 valence electrons. The highest BCUT2D eigenvalue weighted by Crippen LogP contribution is 2.05. The van der Waals surface area contributed by atoms with Gasteiger partial charge in [0.15, 0.2) is 0 Å². The number of nitrogen functional groups attached to an aromatic ring is 1. The van der Waals surface area contributed by atoms with E-state index in [9.17, 15) is 9.59 Å². The van der Waals surface area contributed by atoms with E-state index in [1.807, 2.05) is 5.32 Å². The molecule has 0 aliphatic carbocycles. The maximum atomic E-state index is 11.1. The van der Waals surface area contributed by atoms with Gasteiger partial charge in [0, 0.05) is 5.69 Å². The van der Waals surface area contributed by atoms with Gasteiger partial charge in [0.05, 0.1) is 6.42 Å². The second kappa shape index (κ2) is 4.27. The number of benzene rings is 1. The third-order valence-electron chi connectivity index (χ3n) is 1.61. The molecule has 0 aromatic heterocycles. The number of imide groups is 1. The number of carbonyl (C=O) groups excluding carboxylic acids is 2. The van der Waals surface area contributed by atoms with Crippen LogP contribution in [0.5, 0.6) is 0 Å². The Bertz CT molecular complexity index is 346. The number of rotatable bonds is 2. The smallest absolute Gasteiger partial charge is 0.318 e. The fraction of sp³-hybridized carbons (Fsp3) is 0.111. The van der Waals surface area contributed by atoms with Crippen LogP contribution in [0.25, 0.3) is 0 Å². The standard InChI is InChI=1S/C9H11N3O2/c10-7-3-1-6(2-4-7)5-8(13)12-9(11)14/h1-4H,5,10H2,(H3,11,12,13,14). The molecular weight excluding hydrogens is 182 g/mol. The van der Waals surface area contributed by atoms with Crippen molar-refractivity contribution in [1.82, 2.24) is 5.32 Å². The van der Waals surface area contributed by atoms with E-state index in [1.54, 1.807) is 24.3 Å². The van der Waals surface area contributed by atoms with Gasteiger partial charge in [0.1, 0.15) is 0 Å². The lowest BCUT2D eigenvalue weighted by Crippen LogP contribution is -2.35. The molecule has 5 N–H and O–H groups in total. The summed E-state index contributed by atoms with van der Waals surface area (Å²) in [6, 6.07) is 5.97. The summed E-state index contributed by atoms with van der Waals surface area (Å²) in [5.41, 5.74) is 11.6. The van der Waals surface area contributed by atoms with Crippen molar-refractivity contribution in [2.75, 3.05) is 5.73 Å². The second-order valence-electron chi connectivity index (χ2n) is 2.83. The molecule has 5 heteroatoms. The van der Waals surface area contributed by atoms with Crippen LogP contribution in [0.3, 0.4) is 0 Å². The zero-order valence-corrected chi connectivity index (χ0v) is 7.49. The van der Waals surface area contributed by atoms with Crippen molar-refractivity contribution in [1.29, 1.82) is 0 Å². The van der Waals surface area contributed by atoms with Crippen LogP contribution in [0.1, 0.15) is 5.56 Å². The molecule has 0 aliphatic heterocycles. The van der Waals surface area contributed by atoms with Crippen LogP contribution in [0.4, 0.5) is 10.5 Å². The van der Waals surface area contributed by atoms with Crippen LogP contribution >= 0.6 is 0 Å². The number of amides is 3. The molecule has 14 heavy (non-hydrogen) atoms. The van der Waals surface area contributed by atoms with Gasteiger partial charge in [-0.15, -0.1) is 0 Å². The first kappa shape index (κ1) is 10.0. The topological polar surface area (TPSA) is 98.2 Å². The number of urea groups is 1. The minimum absolute atomic E-state index is 0.114. The quantitative estimate of drug-likeness (QED) is 0.577. The summed E-state index contributed by atoms with van der Waals surface area (Å²) in [7, 11) is 0. The maximum Gasteiger partial charge on any atom is 0.318 e. The Kier molecular flexibility index (Phi) is 3.06. The first-order valence-corrected chi connectivity index (χ1v) is 4.01. The monoisotopic (exact) mass is 193 g/mol. The zero-order valence-electron chi connectivity index (χ0n) is 7.49. The van der Waals surface area contributed by atoms with Crippen LogP contribution in [0, 0.1) is 0 Å². The normalized spacial score (nSPS) is 9.43. The molecule has 0 atom stereocenters. The van der Waals surface area contributed by atoms with Crippen molar-refractivity contribution >= 4 is 17.6 Å². The first-order valence-electron chi connectivity index (χ1n) is 4.01.